The minimum Gasteiger partial charge on any atom is -0.486 e. The van der Waals surface area contributed by atoms with E-state index in [-0.39, 0.29) is 11.7 Å². The van der Waals surface area contributed by atoms with Crippen LogP contribution in [0.4, 0.5) is 5.69 Å². The van der Waals surface area contributed by atoms with Crippen molar-refractivity contribution in [2.24, 2.45) is 0 Å². The second kappa shape index (κ2) is 8.34. The fourth-order valence-corrected chi connectivity index (χ4v) is 2.74. The number of aryl methyl sites for hydroxylation is 1. The third-order valence-corrected chi connectivity index (χ3v) is 4.11. The summed E-state index contributed by atoms with van der Waals surface area (Å²) in [4.78, 5) is 16.3. The Labute approximate surface area is 150 Å². The highest BCUT2D eigenvalue weighted by atomic mass is 32.2. The third kappa shape index (κ3) is 5.36. The number of nitrogens with one attached hydrogen (secondary N) is 2. The summed E-state index contributed by atoms with van der Waals surface area (Å²) in [6.07, 6.45) is 0. The first-order chi connectivity index (χ1) is 12.2. The lowest BCUT2D eigenvalue weighted by molar-refractivity contribution is -0.113. The number of benzene rings is 2. The van der Waals surface area contributed by atoms with Gasteiger partial charge in [0.15, 0.2) is 5.82 Å². The van der Waals surface area contributed by atoms with Crippen LogP contribution in [0.25, 0.3) is 0 Å². The number of aromatic nitrogens is 3. The van der Waals surface area contributed by atoms with E-state index in [2.05, 4.69) is 20.5 Å². The quantitative estimate of drug-likeness (QED) is 0.636. The molecule has 0 atom stereocenters. The Morgan fingerprint density at radius 3 is 2.84 bits per heavy atom. The number of carbonyl (C=O) groups excluding carboxylic acids is 1. The van der Waals surface area contributed by atoms with Crippen LogP contribution < -0.4 is 10.1 Å². The van der Waals surface area contributed by atoms with Crippen molar-refractivity contribution in [1.82, 2.24) is 15.2 Å². The van der Waals surface area contributed by atoms with Gasteiger partial charge in [-0.05, 0) is 36.8 Å². The highest BCUT2D eigenvalue weighted by Gasteiger charge is 2.08. The smallest absolute Gasteiger partial charge is 0.234 e. The highest BCUT2D eigenvalue weighted by molar-refractivity contribution is 7.99. The standard InChI is InChI=1S/C18H18N4O2S/c1-13-6-5-7-14(10-13)19-17(23)12-25-18-20-16(21-22-18)11-24-15-8-3-2-4-9-15/h2-10H,11-12H2,1H3,(H,19,23)(H,20,21,22). The predicted molar refractivity (Wildman–Crippen MR) is 97.7 cm³/mol. The monoisotopic (exact) mass is 354 g/mol. The predicted octanol–water partition coefficient (Wildman–Crippen LogP) is 3.42. The lowest BCUT2D eigenvalue weighted by Crippen LogP contribution is -2.14. The van der Waals surface area contributed by atoms with Crippen molar-refractivity contribution in [2.75, 3.05) is 11.1 Å². The molecule has 2 aromatic carbocycles. The van der Waals surface area contributed by atoms with Gasteiger partial charge in [-0.15, -0.1) is 5.10 Å². The number of hydrogen-bond donors (Lipinski definition) is 2. The normalized spacial score (nSPS) is 10.4. The lowest BCUT2D eigenvalue weighted by Gasteiger charge is -2.04. The second-order valence-corrected chi connectivity index (χ2v) is 6.32. The molecule has 1 amide bonds. The van der Waals surface area contributed by atoms with Crippen LogP contribution >= 0.6 is 11.8 Å². The number of nitrogens with zero attached hydrogens (tertiary/aromatic N) is 2. The van der Waals surface area contributed by atoms with E-state index >= 15 is 0 Å². The summed E-state index contributed by atoms with van der Waals surface area (Å²) < 4.78 is 5.60. The van der Waals surface area contributed by atoms with Crippen LogP contribution in [-0.2, 0) is 11.4 Å². The number of thioether (sulfide) groups is 1. The van der Waals surface area contributed by atoms with E-state index in [1.54, 1.807) is 0 Å². The molecule has 0 aliphatic rings. The van der Waals surface area contributed by atoms with Crippen LogP contribution in [0.3, 0.4) is 0 Å². The first-order valence-corrected chi connectivity index (χ1v) is 8.76. The number of aromatic amines is 1. The van der Waals surface area contributed by atoms with E-state index in [1.807, 2.05) is 61.5 Å². The second-order valence-electron chi connectivity index (χ2n) is 5.37. The zero-order valence-electron chi connectivity index (χ0n) is 13.7. The Balaban J connectivity index is 1.45. The van der Waals surface area contributed by atoms with Gasteiger partial charge in [-0.3, -0.25) is 9.89 Å². The molecule has 2 N–H and O–H groups in total. The molecule has 1 heterocycles. The first kappa shape index (κ1) is 17.0. The Morgan fingerprint density at radius 2 is 2.04 bits per heavy atom. The van der Waals surface area contributed by atoms with Crippen molar-refractivity contribution in [3.05, 3.63) is 66.0 Å². The SMILES string of the molecule is Cc1cccc(NC(=O)CSc2n[nH]c(COc3ccccc3)n2)c1. The summed E-state index contributed by atoms with van der Waals surface area (Å²) in [6.45, 7) is 2.28. The molecule has 25 heavy (non-hydrogen) atoms. The van der Waals surface area contributed by atoms with Gasteiger partial charge >= 0.3 is 0 Å². The number of rotatable bonds is 7. The van der Waals surface area contributed by atoms with Crippen molar-refractivity contribution < 1.29 is 9.53 Å². The van der Waals surface area contributed by atoms with Crippen molar-refractivity contribution in [3.63, 3.8) is 0 Å². The molecule has 0 unspecified atom stereocenters. The number of para-hydroxylation sites is 1. The lowest BCUT2D eigenvalue weighted by atomic mass is 10.2. The zero-order valence-corrected chi connectivity index (χ0v) is 14.5. The fraction of sp³-hybridized carbons (Fsp3) is 0.167. The molecule has 0 bridgehead atoms. The minimum atomic E-state index is -0.0949. The molecule has 1 aromatic heterocycles. The molecular weight excluding hydrogens is 336 g/mol. The molecular formula is C18H18N4O2S. The summed E-state index contributed by atoms with van der Waals surface area (Å²) in [5.74, 6) is 1.53. The number of ether oxygens (including phenoxy) is 1. The topological polar surface area (TPSA) is 79.9 Å². The highest BCUT2D eigenvalue weighted by Crippen LogP contribution is 2.15. The Morgan fingerprint density at radius 1 is 1.20 bits per heavy atom. The molecule has 0 saturated carbocycles. The van der Waals surface area contributed by atoms with E-state index < -0.39 is 0 Å². The molecule has 0 aliphatic heterocycles. The maximum atomic E-state index is 12.0. The first-order valence-electron chi connectivity index (χ1n) is 7.77. The zero-order chi connectivity index (χ0) is 17.5. The molecule has 0 aliphatic carbocycles. The van der Waals surface area contributed by atoms with E-state index in [0.29, 0.717) is 17.6 Å². The van der Waals surface area contributed by atoms with E-state index in [0.717, 1.165) is 17.0 Å². The average Bonchev–Trinajstić information content (AvgIpc) is 3.07. The summed E-state index contributed by atoms with van der Waals surface area (Å²) in [6, 6.07) is 17.2. The van der Waals surface area contributed by atoms with Crippen molar-refractivity contribution in [1.29, 1.82) is 0 Å². The third-order valence-electron chi connectivity index (χ3n) is 3.26. The Kier molecular flexibility index (Phi) is 5.69. The van der Waals surface area contributed by atoms with Crippen LogP contribution in [-0.4, -0.2) is 26.8 Å². The number of H-pyrrole nitrogens is 1. The van der Waals surface area contributed by atoms with Crippen LogP contribution in [0.5, 0.6) is 5.75 Å². The number of anilines is 1. The number of amides is 1. The number of carbonyl (C=O) groups is 1. The van der Waals surface area contributed by atoms with Crippen molar-refractivity contribution in [2.45, 2.75) is 18.7 Å². The Hall–Kier alpha value is -2.80. The maximum Gasteiger partial charge on any atom is 0.234 e. The molecule has 6 nitrogen and oxygen atoms in total. The van der Waals surface area contributed by atoms with Gasteiger partial charge in [-0.1, -0.05) is 42.1 Å². The van der Waals surface area contributed by atoms with Gasteiger partial charge in [0.25, 0.3) is 0 Å². The van der Waals surface area contributed by atoms with Crippen molar-refractivity contribution in [3.8, 4) is 5.75 Å². The van der Waals surface area contributed by atoms with E-state index in [1.165, 1.54) is 11.8 Å². The van der Waals surface area contributed by atoms with Crippen LogP contribution in [0.15, 0.2) is 59.8 Å². The van der Waals surface area contributed by atoms with Gasteiger partial charge in [-0.25, -0.2) is 4.98 Å². The molecule has 0 radical (unpaired) electrons. The fourth-order valence-electron chi connectivity index (χ4n) is 2.13. The summed E-state index contributed by atoms with van der Waals surface area (Å²) in [5, 5.41) is 10.3. The summed E-state index contributed by atoms with van der Waals surface area (Å²) in [5.41, 5.74) is 1.89. The summed E-state index contributed by atoms with van der Waals surface area (Å²) in [7, 11) is 0. The molecule has 0 saturated heterocycles. The van der Waals surface area contributed by atoms with Crippen molar-refractivity contribution >= 4 is 23.4 Å². The van der Waals surface area contributed by atoms with E-state index in [9.17, 15) is 4.79 Å². The van der Waals surface area contributed by atoms with E-state index in [4.69, 9.17) is 4.74 Å². The van der Waals surface area contributed by atoms with Crippen LogP contribution in [0.1, 0.15) is 11.4 Å². The molecule has 0 fully saturated rings. The molecule has 7 heteroatoms. The van der Waals surface area contributed by atoms with Gasteiger partial charge in [0, 0.05) is 5.69 Å². The van der Waals surface area contributed by atoms with Gasteiger partial charge in [0.1, 0.15) is 12.4 Å². The summed E-state index contributed by atoms with van der Waals surface area (Å²) >= 11 is 1.27. The van der Waals surface area contributed by atoms with Gasteiger partial charge in [0.05, 0.1) is 5.75 Å². The molecule has 0 spiro atoms. The minimum absolute atomic E-state index is 0.0949. The maximum absolute atomic E-state index is 12.0. The number of hydrogen-bond acceptors (Lipinski definition) is 5. The molecule has 3 rings (SSSR count). The molecule has 128 valence electrons. The van der Waals surface area contributed by atoms with Gasteiger partial charge < -0.3 is 10.1 Å². The Bertz CT molecular complexity index is 836. The molecule has 3 aromatic rings. The average molecular weight is 354 g/mol. The van der Waals surface area contributed by atoms with Gasteiger partial charge in [0.2, 0.25) is 11.1 Å². The van der Waals surface area contributed by atoms with Crippen LogP contribution in [0.2, 0.25) is 0 Å². The largest absolute Gasteiger partial charge is 0.486 e. The van der Waals surface area contributed by atoms with Crippen LogP contribution in [0, 0.1) is 6.92 Å². The van der Waals surface area contributed by atoms with Gasteiger partial charge in [-0.2, -0.15) is 0 Å².